The van der Waals surface area contributed by atoms with Gasteiger partial charge in [-0.15, -0.1) is 0 Å². The molecular weight excluding hydrogens is 128 g/mol. The van der Waals surface area contributed by atoms with Gasteiger partial charge >= 0.3 is 0 Å². The standard InChI is InChI=1S/C7H16N2O/c8-6-2-1-3-7(5-10)9-4-6/h6-7,9-10H,1-5,8H2/t6-,7+/m0/s1. The van der Waals surface area contributed by atoms with Gasteiger partial charge in [-0.1, -0.05) is 6.42 Å². The van der Waals surface area contributed by atoms with Gasteiger partial charge < -0.3 is 16.2 Å². The maximum absolute atomic E-state index is 8.80. The molecular formula is C7H16N2O. The lowest BCUT2D eigenvalue weighted by Crippen LogP contribution is -2.38. The lowest BCUT2D eigenvalue weighted by atomic mass is 10.1. The quantitative estimate of drug-likeness (QED) is 0.463. The summed E-state index contributed by atoms with van der Waals surface area (Å²) in [6.45, 7) is 1.10. The minimum absolute atomic E-state index is 0.243. The van der Waals surface area contributed by atoms with Gasteiger partial charge in [-0.05, 0) is 12.8 Å². The minimum Gasteiger partial charge on any atom is -0.395 e. The van der Waals surface area contributed by atoms with Crippen LogP contribution in [0.5, 0.6) is 0 Å². The molecule has 1 heterocycles. The van der Waals surface area contributed by atoms with Crippen LogP contribution in [-0.2, 0) is 0 Å². The molecule has 60 valence electrons. The van der Waals surface area contributed by atoms with Crippen LogP contribution in [0.2, 0.25) is 0 Å². The molecule has 0 radical (unpaired) electrons. The van der Waals surface area contributed by atoms with Crippen molar-refractivity contribution < 1.29 is 5.11 Å². The molecule has 1 aliphatic rings. The first-order valence-electron chi connectivity index (χ1n) is 3.92. The van der Waals surface area contributed by atoms with Crippen molar-refractivity contribution in [1.29, 1.82) is 0 Å². The molecule has 1 aliphatic heterocycles. The summed E-state index contributed by atoms with van der Waals surface area (Å²) >= 11 is 0. The molecule has 1 fully saturated rings. The fraction of sp³-hybridized carbons (Fsp3) is 1.00. The fourth-order valence-corrected chi connectivity index (χ4v) is 1.30. The molecule has 0 aliphatic carbocycles. The first-order chi connectivity index (χ1) is 4.83. The van der Waals surface area contributed by atoms with E-state index in [0.29, 0.717) is 0 Å². The largest absolute Gasteiger partial charge is 0.395 e. The lowest BCUT2D eigenvalue weighted by molar-refractivity contribution is 0.239. The SMILES string of the molecule is N[C@H]1CCC[C@H](CO)NC1. The Morgan fingerprint density at radius 3 is 3.00 bits per heavy atom. The van der Waals surface area contributed by atoms with Crippen molar-refractivity contribution in [2.24, 2.45) is 5.73 Å². The summed E-state index contributed by atoms with van der Waals surface area (Å²) < 4.78 is 0. The summed E-state index contributed by atoms with van der Waals surface area (Å²) in [7, 11) is 0. The van der Waals surface area contributed by atoms with Crippen LogP contribution >= 0.6 is 0 Å². The van der Waals surface area contributed by atoms with E-state index in [9.17, 15) is 0 Å². The Kier molecular flexibility index (Phi) is 3.12. The van der Waals surface area contributed by atoms with Gasteiger partial charge in [-0.3, -0.25) is 0 Å². The van der Waals surface area contributed by atoms with Gasteiger partial charge in [0.2, 0.25) is 0 Å². The second kappa shape index (κ2) is 3.91. The van der Waals surface area contributed by atoms with Crippen molar-refractivity contribution in [3.05, 3.63) is 0 Å². The molecule has 0 spiro atoms. The van der Waals surface area contributed by atoms with E-state index >= 15 is 0 Å². The van der Waals surface area contributed by atoms with Crippen LogP contribution in [0.15, 0.2) is 0 Å². The molecule has 3 nitrogen and oxygen atoms in total. The first kappa shape index (κ1) is 7.98. The van der Waals surface area contributed by atoms with Crippen molar-refractivity contribution in [1.82, 2.24) is 5.32 Å². The lowest BCUT2D eigenvalue weighted by Gasteiger charge is -2.12. The fourth-order valence-electron chi connectivity index (χ4n) is 1.30. The van der Waals surface area contributed by atoms with Crippen molar-refractivity contribution >= 4 is 0 Å². The normalized spacial score (nSPS) is 35.4. The van der Waals surface area contributed by atoms with Crippen molar-refractivity contribution in [3.8, 4) is 0 Å². The summed E-state index contributed by atoms with van der Waals surface area (Å²) in [6.07, 6.45) is 3.28. The van der Waals surface area contributed by atoms with E-state index in [0.717, 1.165) is 25.8 Å². The van der Waals surface area contributed by atoms with Crippen LogP contribution in [0.1, 0.15) is 19.3 Å². The molecule has 1 rings (SSSR count). The number of nitrogens with one attached hydrogen (secondary N) is 1. The summed E-state index contributed by atoms with van der Waals surface area (Å²) in [5.41, 5.74) is 5.71. The van der Waals surface area contributed by atoms with E-state index in [4.69, 9.17) is 10.8 Å². The molecule has 0 aromatic carbocycles. The highest BCUT2D eigenvalue weighted by Gasteiger charge is 2.13. The smallest absolute Gasteiger partial charge is 0.0584 e. The second-order valence-corrected chi connectivity index (χ2v) is 2.98. The molecule has 4 N–H and O–H groups in total. The van der Waals surface area contributed by atoms with Crippen LogP contribution in [0.4, 0.5) is 0 Å². The number of rotatable bonds is 1. The highest BCUT2D eigenvalue weighted by molar-refractivity contribution is 4.76. The van der Waals surface area contributed by atoms with Gasteiger partial charge in [0.05, 0.1) is 6.61 Å². The van der Waals surface area contributed by atoms with Gasteiger partial charge in [-0.25, -0.2) is 0 Å². The van der Waals surface area contributed by atoms with E-state index in [-0.39, 0.29) is 18.7 Å². The number of hydrogen-bond donors (Lipinski definition) is 3. The summed E-state index contributed by atoms with van der Waals surface area (Å²) in [6, 6.07) is 0.574. The Labute approximate surface area is 61.6 Å². The summed E-state index contributed by atoms with van der Waals surface area (Å²) in [4.78, 5) is 0. The van der Waals surface area contributed by atoms with E-state index in [1.807, 2.05) is 0 Å². The Morgan fingerprint density at radius 1 is 1.50 bits per heavy atom. The third kappa shape index (κ3) is 2.25. The molecule has 0 amide bonds. The Morgan fingerprint density at radius 2 is 2.30 bits per heavy atom. The molecule has 0 unspecified atom stereocenters. The topological polar surface area (TPSA) is 58.3 Å². The average molecular weight is 144 g/mol. The van der Waals surface area contributed by atoms with Crippen LogP contribution in [0, 0.1) is 0 Å². The van der Waals surface area contributed by atoms with Gasteiger partial charge in [0.25, 0.3) is 0 Å². The van der Waals surface area contributed by atoms with E-state index in [1.54, 1.807) is 0 Å². The monoisotopic (exact) mass is 144 g/mol. The average Bonchev–Trinajstić information content (AvgIpc) is 2.14. The van der Waals surface area contributed by atoms with Crippen molar-refractivity contribution in [2.75, 3.05) is 13.2 Å². The molecule has 0 aromatic heterocycles. The third-order valence-corrected chi connectivity index (χ3v) is 2.02. The molecule has 10 heavy (non-hydrogen) atoms. The number of nitrogens with two attached hydrogens (primary N) is 1. The molecule has 0 bridgehead atoms. The highest BCUT2D eigenvalue weighted by Crippen LogP contribution is 2.06. The zero-order valence-electron chi connectivity index (χ0n) is 6.21. The Hall–Kier alpha value is -0.120. The van der Waals surface area contributed by atoms with Crippen molar-refractivity contribution in [2.45, 2.75) is 31.3 Å². The molecule has 0 aromatic rings. The maximum Gasteiger partial charge on any atom is 0.0584 e. The number of hydrogen-bond acceptors (Lipinski definition) is 3. The predicted octanol–water partition coefficient (Wildman–Crippen LogP) is -0.552. The number of aliphatic hydroxyl groups excluding tert-OH is 1. The zero-order valence-corrected chi connectivity index (χ0v) is 6.21. The zero-order chi connectivity index (χ0) is 7.40. The number of aliphatic hydroxyl groups is 1. The third-order valence-electron chi connectivity index (χ3n) is 2.02. The van der Waals surface area contributed by atoms with Crippen LogP contribution in [0.25, 0.3) is 0 Å². The van der Waals surface area contributed by atoms with Gasteiger partial charge in [0.15, 0.2) is 0 Å². The molecule has 1 saturated heterocycles. The van der Waals surface area contributed by atoms with Gasteiger partial charge in [0.1, 0.15) is 0 Å². The van der Waals surface area contributed by atoms with Crippen LogP contribution < -0.4 is 11.1 Å². The Balaban J connectivity index is 2.26. The Bertz CT molecular complexity index is 97.6. The van der Waals surface area contributed by atoms with E-state index in [1.165, 1.54) is 0 Å². The van der Waals surface area contributed by atoms with Crippen molar-refractivity contribution in [3.63, 3.8) is 0 Å². The van der Waals surface area contributed by atoms with E-state index < -0.39 is 0 Å². The second-order valence-electron chi connectivity index (χ2n) is 2.98. The highest BCUT2D eigenvalue weighted by atomic mass is 16.3. The van der Waals surface area contributed by atoms with Gasteiger partial charge in [-0.2, -0.15) is 0 Å². The summed E-state index contributed by atoms with van der Waals surface area (Å²) in [5, 5.41) is 12.0. The molecule has 2 atom stereocenters. The maximum atomic E-state index is 8.80. The van der Waals surface area contributed by atoms with E-state index in [2.05, 4.69) is 5.32 Å². The minimum atomic E-state index is 0.243. The van der Waals surface area contributed by atoms with Crippen LogP contribution in [-0.4, -0.2) is 30.3 Å². The first-order valence-corrected chi connectivity index (χ1v) is 3.92. The molecule has 3 heteroatoms. The summed E-state index contributed by atoms with van der Waals surface area (Å²) in [5.74, 6) is 0. The molecule has 0 saturated carbocycles. The predicted molar refractivity (Wildman–Crippen MR) is 40.7 cm³/mol. The van der Waals surface area contributed by atoms with Crippen LogP contribution in [0.3, 0.4) is 0 Å². The van der Waals surface area contributed by atoms with Gasteiger partial charge in [0, 0.05) is 18.6 Å².